The van der Waals surface area contributed by atoms with Crippen LogP contribution in [0.4, 0.5) is 0 Å². The third-order valence-corrected chi connectivity index (χ3v) is 2.90. The van der Waals surface area contributed by atoms with E-state index >= 15 is 0 Å². The highest BCUT2D eigenvalue weighted by Gasteiger charge is 2.16. The number of oxime groups is 1. The molecule has 0 aliphatic heterocycles. The van der Waals surface area contributed by atoms with Crippen LogP contribution >= 0.6 is 12.2 Å². The zero-order valence-corrected chi connectivity index (χ0v) is 13.6. The molecule has 0 fully saturated rings. The van der Waals surface area contributed by atoms with Gasteiger partial charge in [-0.3, -0.25) is 0 Å². The van der Waals surface area contributed by atoms with Gasteiger partial charge < -0.3 is 19.0 Å². The second-order valence-electron chi connectivity index (χ2n) is 3.95. The van der Waals surface area contributed by atoms with Gasteiger partial charge in [0.25, 0.3) is 5.05 Å². The number of benzene rings is 1. The summed E-state index contributed by atoms with van der Waals surface area (Å²) in [6.07, 6.45) is 2.52. The largest absolute Gasteiger partial charge is 0.503 e. The number of carbonyl (C=O) groups is 2. The smallest absolute Gasteiger partial charge is 0.411 e. The molecule has 1 aromatic rings. The lowest BCUT2D eigenvalue weighted by Crippen LogP contribution is -2.14. The molecule has 1 aromatic carbocycles. The summed E-state index contributed by atoms with van der Waals surface area (Å²) in [5.41, 5.74) is 1.20. The van der Waals surface area contributed by atoms with Crippen molar-refractivity contribution in [3.63, 3.8) is 0 Å². The zero-order chi connectivity index (χ0) is 17.2. The molecule has 0 atom stereocenters. The molecule has 0 aliphatic rings. The minimum atomic E-state index is -0.892. The van der Waals surface area contributed by atoms with Crippen LogP contribution in [0.3, 0.4) is 0 Å². The molecular weight excluding hydrogens is 322 g/mol. The quantitative estimate of drug-likeness (QED) is 0.154. The summed E-state index contributed by atoms with van der Waals surface area (Å²) in [5.74, 6) is -1.47. The molecule has 0 saturated carbocycles. The summed E-state index contributed by atoms with van der Waals surface area (Å²) in [5, 5.41) is 3.19. The highest BCUT2D eigenvalue weighted by molar-refractivity contribution is 7.81. The number of hydrogen-bond acceptors (Lipinski definition) is 8. The Morgan fingerprint density at radius 1 is 1.09 bits per heavy atom. The highest BCUT2D eigenvalue weighted by atomic mass is 32.1. The minimum absolute atomic E-state index is 0.191. The van der Waals surface area contributed by atoms with Crippen molar-refractivity contribution in [3.05, 3.63) is 41.7 Å². The van der Waals surface area contributed by atoms with Crippen LogP contribution in [0.2, 0.25) is 0 Å². The predicted molar refractivity (Wildman–Crippen MR) is 86.7 cm³/mol. The fraction of sp³-hybridized carbons (Fsp3) is 0.200. The average Bonchev–Trinajstić information content (AvgIpc) is 2.58. The van der Waals surface area contributed by atoms with E-state index in [1.54, 1.807) is 24.3 Å². The van der Waals surface area contributed by atoms with Crippen molar-refractivity contribution in [1.82, 2.24) is 0 Å². The van der Waals surface area contributed by atoms with E-state index < -0.39 is 11.9 Å². The van der Waals surface area contributed by atoms with Crippen molar-refractivity contribution in [2.75, 3.05) is 21.3 Å². The second kappa shape index (κ2) is 9.31. The van der Waals surface area contributed by atoms with Gasteiger partial charge in [-0.05, 0) is 12.2 Å². The molecule has 0 heterocycles. The standard InChI is InChI=1S/C15H15NO6S/c1-19-9-12(13(17)20-2)11-7-5-4-6-10(11)8-16-22-14(18)15(23)21-3/h4-9H,1-3H3/b12-9+,16-8?. The normalized spacial score (nSPS) is 11.0. The van der Waals surface area contributed by atoms with Crippen molar-refractivity contribution in [1.29, 1.82) is 0 Å². The summed E-state index contributed by atoms with van der Waals surface area (Å²) in [4.78, 5) is 27.7. The molecule has 0 saturated heterocycles. The van der Waals surface area contributed by atoms with E-state index in [-0.39, 0.29) is 10.6 Å². The first kappa shape index (κ1) is 18.3. The Bertz CT molecular complexity index is 653. The van der Waals surface area contributed by atoms with Crippen LogP contribution in [0.15, 0.2) is 35.7 Å². The first-order chi connectivity index (χ1) is 11.0. The number of rotatable bonds is 5. The van der Waals surface area contributed by atoms with Crippen LogP contribution in [0.25, 0.3) is 5.57 Å². The number of ether oxygens (including phenoxy) is 3. The topological polar surface area (TPSA) is 83.4 Å². The lowest BCUT2D eigenvalue weighted by atomic mass is 10.0. The minimum Gasteiger partial charge on any atom is -0.503 e. The molecule has 1 rings (SSSR count). The predicted octanol–water partition coefficient (Wildman–Crippen LogP) is 1.70. The highest BCUT2D eigenvalue weighted by Crippen LogP contribution is 2.19. The summed E-state index contributed by atoms with van der Waals surface area (Å²) in [7, 11) is 3.92. The molecule has 0 bridgehead atoms. The number of hydrogen-bond donors (Lipinski definition) is 0. The van der Waals surface area contributed by atoms with Crippen LogP contribution in [0.1, 0.15) is 11.1 Å². The average molecular weight is 337 g/mol. The number of esters is 1. The maximum atomic E-state index is 11.8. The SMILES string of the molecule is CO/C=C(/C(=O)OC)c1ccccc1C=NOC(=O)C(=S)OC. The molecule has 0 aliphatic carbocycles. The molecule has 0 N–H and O–H groups in total. The summed E-state index contributed by atoms with van der Waals surface area (Å²) in [6, 6.07) is 6.80. The van der Waals surface area contributed by atoms with Gasteiger partial charge in [0.2, 0.25) is 0 Å². The first-order valence-corrected chi connectivity index (χ1v) is 6.69. The van der Waals surface area contributed by atoms with Crippen LogP contribution in [0.5, 0.6) is 0 Å². The molecule has 0 spiro atoms. The van der Waals surface area contributed by atoms with Gasteiger partial charge in [0.1, 0.15) is 5.57 Å². The Hall–Kier alpha value is -2.74. The summed E-state index contributed by atoms with van der Waals surface area (Å²) < 4.78 is 14.2. The van der Waals surface area contributed by atoms with Crippen molar-refractivity contribution in [2.45, 2.75) is 0 Å². The van der Waals surface area contributed by atoms with E-state index in [1.165, 1.54) is 33.8 Å². The lowest BCUT2D eigenvalue weighted by molar-refractivity contribution is -0.136. The van der Waals surface area contributed by atoms with Crippen molar-refractivity contribution in [3.8, 4) is 0 Å². The van der Waals surface area contributed by atoms with E-state index in [9.17, 15) is 9.59 Å². The van der Waals surface area contributed by atoms with Gasteiger partial charge in [-0.15, -0.1) is 0 Å². The Balaban J connectivity index is 3.06. The molecule has 0 radical (unpaired) electrons. The third kappa shape index (κ3) is 5.19. The number of methoxy groups -OCH3 is 3. The molecular formula is C15H15NO6S. The van der Waals surface area contributed by atoms with Gasteiger partial charge >= 0.3 is 11.9 Å². The molecule has 0 aromatic heterocycles. The van der Waals surface area contributed by atoms with E-state index in [2.05, 4.69) is 26.9 Å². The third-order valence-electron chi connectivity index (χ3n) is 2.57. The van der Waals surface area contributed by atoms with E-state index in [1.807, 2.05) is 0 Å². The molecule has 7 nitrogen and oxygen atoms in total. The summed E-state index contributed by atoms with van der Waals surface area (Å²) in [6.45, 7) is 0. The van der Waals surface area contributed by atoms with Crippen LogP contribution in [0, 0.1) is 0 Å². The van der Waals surface area contributed by atoms with E-state index in [4.69, 9.17) is 9.47 Å². The fourth-order valence-electron chi connectivity index (χ4n) is 1.56. The first-order valence-electron chi connectivity index (χ1n) is 6.28. The maximum absolute atomic E-state index is 11.8. The van der Waals surface area contributed by atoms with Crippen molar-refractivity contribution < 1.29 is 28.6 Å². The number of nitrogens with zero attached hydrogens (tertiary/aromatic N) is 1. The second-order valence-corrected chi connectivity index (χ2v) is 4.32. The van der Waals surface area contributed by atoms with E-state index in [0.717, 1.165) is 0 Å². The Morgan fingerprint density at radius 3 is 2.39 bits per heavy atom. The molecule has 0 unspecified atom stereocenters. The number of thiocarbonyl (C=S) groups is 1. The Kier molecular flexibility index (Phi) is 7.41. The van der Waals surface area contributed by atoms with Gasteiger partial charge in [0.15, 0.2) is 0 Å². The van der Waals surface area contributed by atoms with Gasteiger partial charge in [0.05, 0.1) is 33.8 Å². The van der Waals surface area contributed by atoms with Crippen LogP contribution < -0.4 is 0 Å². The Morgan fingerprint density at radius 2 is 1.78 bits per heavy atom. The van der Waals surface area contributed by atoms with Crippen molar-refractivity contribution >= 4 is 41.0 Å². The molecule has 0 amide bonds. The molecule has 23 heavy (non-hydrogen) atoms. The van der Waals surface area contributed by atoms with Gasteiger partial charge in [-0.1, -0.05) is 29.4 Å². The van der Waals surface area contributed by atoms with Gasteiger partial charge in [0, 0.05) is 11.1 Å². The zero-order valence-electron chi connectivity index (χ0n) is 12.8. The maximum Gasteiger partial charge on any atom is 0.411 e. The summed E-state index contributed by atoms with van der Waals surface area (Å²) >= 11 is 4.60. The number of carbonyl (C=O) groups excluding carboxylic acids is 2. The van der Waals surface area contributed by atoms with Crippen LogP contribution in [-0.4, -0.2) is 44.5 Å². The van der Waals surface area contributed by atoms with Crippen LogP contribution in [-0.2, 0) is 28.6 Å². The molecule has 122 valence electrons. The monoisotopic (exact) mass is 337 g/mol. The van der Waals surface area contributed by atoms with E-state index in [0.29, 0.717) is 11.1 Å². The van der Waals surface area contributed by atoms with Crippen molar-refractivity contribution in [2.24, 2.45) is 5.16 Å². The lowest BCUT2D eigenvalue weighted by Gasteiger charge is -2.08. The fourth-order valence-corrected chi connectivity index (χ4v) is 1.59. The Labute approximate surface area is 138 Å². The van der Waals surface area contributed by atoms with Gasteiger partial charge in [-0.25, -0.2) is 9.59 Å². The van der Waals surface area contributed by atoms with Gasteiger partial charge in [-0.2, -0.15) is 0 Å². The molecule has 8 heteroatoms.